The molecule has 0 saturated carbocycles. The van der Waals surface area contributed by atoms with Crippen LogP contribution in [0.4, 0.5) is 10.5 Å². The normalized spacial score (nSPS) is 9.46. The molecule has 1 rings (SSSR count). The Morgan fingerprint density at radius 3 is 2.77 bits per heavy atom. The smallest absolute Gasteiger partial charge is 0.321 e. The van der Waals surface area contributed by atoms with Crippen LogP contribution in [0.2, 0.25) is 0 Å². The Labute approximate surface area is 77.6 Å². The molecule has 0 unspecified atom stereocenters. The highest BCUT2D eigenvalue weighted by atomic mass is 16.2. The van der Waals surface area contributed by atoms with Crippen molar-refractivity contribution in [1.29, 1.82) is 0 Å². The SMILES string of the molecule is Cc1cnccc1NC(=O)N(C)C. The average molecular weight is 179 g/mol. The van der Waals surface area contributed by atoms with Crippen LogP contribution in [-0.4, -0.2) is 30.0 Å². The van der Waals surface area contributed by atoms with Crippen molar-refractivity contribution in [2.75, 3.05) is 19.4 Å². The number of aromatic nitrogens is 1. The van der Waals surface area contributed by atoms with Gasteiger partial charge >= 0.3 is 6.03 Å². The van der Waals surface area contributed by atoms with Crippen LogP contribution < -0.4 is 5.32 Å². The van der Waals surface area contributed by atoms with E-state index < -0.39 is 0 Å². The number of rotatable bonds is 1. The van der Waals surface area contributed by atoms with E-state index in [0.29, 0.717) is 0 Å². The molecule has 1 aromatic heterocycles. The second-order valence-electron chi connectivity index (χ2n) is 3.02. The minimum atomic E-state index is -0.130. The van der Waals surface area contributed by atoms with E-state index in [9.17, 15) is 4.79 Å². The third-order valence-electron chi connectivity index (χ3n) is 1.67. The molecule has 1 N–H and O–H groups in total. The monoisotopic (exact) mass is 179 g/mol. The molecule has 0 atom stereocenters. The minimum absolute atomic E-state index is 0.130. The van der Waals surface area contributed by atoms with Crippen LogP contribution in [0.5, 0.6) is 0 Å². The molecule has 1 aromatic rings. The third kappa shape index (κ3) is 2.43. The Hall–Kier alpha value is -1.58. The standard InChI is InChI=1S/C9H13N3O/c1-7-6-10-5-4-8(7)11-9(13)12(2)3/h4-6H,1-3H3,(H,10,11,13). The Morgan fingerprint density at radius 2 is 2.23 bits per heavy atom. The van der Waals surface area contributed by atoms with E-state index in [1.54, 1.807) is 32.6 Å². The first-order valence-corrected chi connectivity index (χ1v) is 4.00. The van der Waals surface area contributed by atoms with Gasteiger partial charge in [-0.3, -0.25) is 4.98 Å². The molecule has 70 valence electrons. The maximum absolute atomic E-state index is 11.3. The highest BCUT2D eigenvalue weighted by molar-refractivity contribution is 5.89. The number of amides is 2. The van der Waals surface area contributed by atoms with E-state index >= 15 is 0 Å². The van der Waals surface area contributed by atoms with Crippen molar-refractivity contribution in [1.82, 2.24) is 9.88 Å². The van der Waals surface area contributed by atoms with Crippen LogP contribution in [-0.2, 0) is 0 Å². The van der Waals surface area contributed by atoms with Crippen molar-refractivity contribution in [2.45, 2.75) is 6.92 Å². The van der Waals surface area contributed by atoms with Gasteiger partial charge in [0.05, 0.1) is 0 Å². The first kappa shape index (κ1) is 9.51. The van der Waals surface area contributed by atoms with E-state index in [4.69, 9.17) is 0 Å². The number of aryl methyl sites for hydroxylation is 1. The summed E-state index contributed by atoms with van der Waals surface area (Å²) >= 11 is 0. The fraction of sp³-hybridized carbons (Fsp3) is 0.333. The first-order valence-electron chi connectivity index (χ1n) is 4.00. The molecular formula is C9H13N3O. The minimum Gasteiger partial charge on any atom is -0.331 e. The molecule has 2 amide bonds. The number of urea groups is 1. The van der Waals surface area contributed by atoms with Gasteiger partial charge in [-0.2, -0.15) is 0 Å². The van der Waals surface area contributed by atoms with Crippen LogP contribution in [0.15, 0.2) is 18.5 Å². The molecule has 0 aromatic carbocycles. The fourth-order valence-corrected chi connectivity index (χ4v) is 0.841. The molecule has 0 bridgehead atoms. The summed E-state index contributed by atoms with van der Waals surface area (Å²) in [5, 5.41) is 2.76. The van der Waals surface area contributed by atoms with Gasteiger partial charge in [0.1, 0.15) is 0 Å². The van der Waals surface area contributed by atoms with E-state index in [-0.39, 0.29) is 6.03 Å². The maximum Gasteiger partial charge on any atom is 0.321 e. The van der Waals surface area contributed by atoms with E-state index in [1.165, 1.54) is 4.90 Å². The number of anilines is 1. The van der Waals surface area contributed by atoms with Gasteiger partial charge in [0.15, 0.2) is 0 Å². The molecule has 1 heterocycles. The number of nitrogens with one attached hydrogen (secondary N) is 1. The number of pyridine rings is 1. The number of carbonyl (C=O) groups excluding carboxylic acids is 1. The molecule has 0 aliphatic carbocycles. The highest BCUT2D eigenvalue weighted by Crippen LogP contribution is 2.11. The zero-order valence-electron chi connectivity index (χ0n) is 8.03. The van der Waals surface area contributed by atoms with Gasteiger partial charge in [-0.1, -0.05) is 0 Å². The summed E-state index contributed by atoms with van der Waals surface area (Å²) < 4.78 is 0. The largest absolute Gasteiger partial charge is 0.331 e. The third-order valence-corrected chi connectivity index (χ3v) is 1.67. The molecular weight excluding hydrogens is 166 g/mol. The number of hydrogen-bond acceptors (Lipinski definition) is 2. The molecule has 4 heteroatoms. The lowest BCUT2D eigenvalue weighted by Gasteiger charge is -2.12. The predicted octanol–water partition coefficient (Wildman–Crippen LogP) is 1.48. The average Bonchev–Trinajstić information content (AvgIpc) is 2.08. The molecule has 0 saturated heterocycles. The highest BCUT2D eigenvalue weighted by Gasteiger charge is 2.04. The Kier molecular flexibility index (Phi) is 2.84. The molecule has 4 nitrogen and oxygen atoms in total. The lowest BCUT2D eigenvalue weighted by Crippen LogP contribution is -2.27. The fourth-order valence-electron chi connectivity index (χ4n) is 0.841. The zero-order valence-corrected chi connectivity index (χ0v) is 8.03. The van der Waals surface area contributed by atoms with Crippen molar-refractivity contribution < 1.29 is 4.79 Å². The van der Waals surface area contributed by atoms with E-state index in [2.05, 4.69) is 10.3 Å². The summed E-state index contributed by atoms with van der Waals surface area (Å²) in [5.41, 5.74) is 1.76. The first-order chi connectivity index (χ1) is 6.11. The molecule has 0 fully saturated rings. The van der Waals surface area contributed by atoms with Crippen LogP contribution in [0.3, 0.4) is 0 Å². The van der Waals surface area contributed by atoms with E-state index in [0.717, 1.165) is 11.3 Å². The van der Waals surface area contributed by atoms with Gasteiger partial charge < -0.3 is 10.2 Å². The topological polar surface area (TPSA) is 45.2 Å². The lowest BCUT2D eigenvalue weighted by atomic mass is 10.2. The van der Waals surface area contributed by atoms with Gasteiger partial charge in [-0.05, 0) is 18.6 Å². The van der Waals surface area contributed by atoms with Crippen molar-refractivity contribution in [3.8, 4) is 0 Å². The molecule has 0 aliphatic rings. The molecule has 0 radical (unpaired) electrons. The zero-order chi connectivity index (χ0) is 9.84. The summed E-state index contributed by atoms with van der Waals surface area (Å²) in [6, 6.07) is 1.64. The van der Waals surface area contributed by atoms with Crippen LogP contribution >= 0.6 is 0 Å². The number of carbonyl (C=O) groups is 1. The predicted molar refractivity (Wildman–Crippen MR) is 51.7 cm³/mol. The van der Waals surface area contributed by atoms with Crippen molar-refractivity contribution >= 4 is 11.7 Å². The summed E-state index contributed by atoms with van der Waals surface area (Å²) in [5.74, 6) is 0. The summed E-state index contributed by atoms with van der Waals surface area (Å²) in [4.78, 5) is 16.7. The quantitative estimate of drug-likeness (QED) is 0.709. The molecule has 0 spiro atoms. The van der Waals surface area contributed by atoms with Gasteiger partial charge in [-0.25, -0.2) is 4.79 Å². The van der Waals surface area contributed by atoms with E-state index in [1.807, 2.05) is 6.92 Å². The van der Waals surface area contributed by atoms with Gasteiger partial charge in [0.25, 0.3) is 0 Å². The van der Waals surface area contributed by atoms with Gasteiger partial charge in [0, 0.05) is 32.2 Å². The number of hydrogen-bond donors (Lipinski definition) is 1. The summed E-state index contributed by atoms with van der Waals surface area (Å²) in [7, 11) is 3.40. The molecule has 0 aliphatic heterocycles. The van der Waals surface area contributed by atoms with Crippen LogP contribution in [0.25, 0.3) is 0 Å². The Morgan fingerprint density at radius 1 is 1.54 bits per heavy atom. The maximum atomic E-state index is 11.3. The second kappa shape index (κ2) is 3.89. The van der Waals surface area contributed by atoms with Crippen molar-refractivity contribution in [3.05, 3.63) is 24.0 Å². The Balaban J connectivity index is 2.75. The summed E-state index contributed by atoms with van der Waals surface area (Å²) in [6.45, 7) is 1.90. The number of nitrogens with zero attached hydrogens (tertiary/aromatic N) is 2. The summed E-state index contributed by atoms with van der Waals surface area (Å²) in [6.07, 6.45) is 3.36. The molecule has 13 heavy (non-hydrogen) atoms. The van der Waals surface area contributed by atoms with Gasteiger partial charge in [0.2, 0.25) is 0 Å². The van der Waals surface area contributed by atoms with Crippen molar-refractivity contribution in [2.24, 2.45) is 0 Å². The van der Waals surface area contributed by atoms with Crippen LogP contribution in [0, 0.1) is 6.92 Å². The van der Waals surface area contributed by atoms with Gasteiger partial charge in [-0.15, -0.1) is 0 Å². The lowest BCUT2D eigenvalue weighted by molar-refractivity contribution is 0.230. The Bertz CT molecular complexity index is 309. The van der Waals surface area contributed by atoms with Crippen molar-refractivity contribution in [3.63, 3.8) is 0 Å². The van der Waals surface area contributed by atoms with Crippen LogP contribution in [0.1, 0.15) is 5.56 Å². The second-order valence-corrected chi connectivity index (χ2v) is 3.02.